The molecule has 1 aromatic carbocycles. The van der Waals surface area contributed by atoms with Crippen molar-refractivity contribution in [1.29, 1.82) is 0 Å². The molecule has 13 heavy (non-hydrogen) atoms. The maximum atomic E-state index is 4.00. The largest absolute Gasteiger partial charge is 0.278 e. The molecular formula is C11H14N2. The summed E-state index contributed by atoms with van der Waals surface area (Å²) in [6.45, 7) is 6.65. The Labute approximate surface area is 78.0 Å². The number of aromatic amines is 1. The minimum atomic E-state index is 0.214. The molecule has 0 fully saturated rings. The second-order valence-electron chi connectivity index (χ2n) is 4.42. The van der Waals surface area contributed by atoms with Gasteiger partial charge in [-0.1, -0.05) is 26.8 Å². The minimum Gasteiger partial charge on any atom is -0.278 e. The van der Waals surface area contributed by atoms with Crippen LogP contribution < -0.4 is 0 Å². The van der Waals surface area contributed by atoms with Crippen molar-refractivity contribution in [3.05, 3.63) is 30.0 Å². The summed E-state index contributed by atoms with van der Waals surface area (Å²) in [5, 5.41) is 8.14. The summed E-state index contributed by atoms with van der Waals surface area (Å²) in [5.41, 5.74) is 2.67. The molecule has 2 rings (SSSR count). The highest BCUT2D eigenvalue weighted by Crippen LogP contribution is 2.24. The number of nitrogens with one attached hydrogen (secondary N) is 1. The van der Waals surface area contributed by atoms with Crippen LogP contribution in [-0.4, -0.2) is 10.2 Å². The summed E-state index contributed by atoms with van der Waals surface area (Å²) < 4.78 is 0. The third-order valence-electron chi connectivity index (χ3n) is 2.31. The molecule has 1 N–H and O–H groups in total. The summed E-state index contributed by atoms with van der Waals surface area (Å²) in [6.07, 6.45) is 1.87. The highest BCUT2D eigenvalue weighted by molar-refractivity contribution is 5.78. The molecule has 1 heterocycles. The van der Waals surface area contributed by atoms with E-state index in [0.717, 1.165) is 5.52 Å². The van der Waals surface area contributed by atoms with Crippen molar-refractivity contribution in [3.63, 3.8) is 0 Å². The van der Waals surface area contributed by atoms with Crippen LogP contribution in [0.2, 0.25) is 0 Å². The van der Waals surface area contributed by atoms with Crippen molar-refractivity contribution in [2.24, 2.45) is 0 Å². The average Bonchev–Trinajstić information content (AvgIpc) is 2.47. The number of hydrogen-bond acceptors (Lipinski definition) is 1. The number of H-pyrrole nitrogens is 1. The first-order chi connectivity index (χ1) is 6.07. The zero-order valence-corrected chi connectivity index (χ0v) is 8.26. The van der Waals surface area contributed by atoms with Crippen LogP contribution in [0.3, 0.4) is 0 Å². The van der Waals surface area contributed by atoms with Crippen LogP contribution in [0, 0.1) is 0 Å². The van der Waals surface area contributed by atoms with Crippen LogP contribution in [0.1, 0.15) is 26.3 Å². The highest BCUT2D eigenvalue weighted by Gasteiger charge is 2.13. The number of nitrogens with zero attached hydrogens (tertiary/aromatic N) is 1. The Morgan fingerprint density at radius 1 is 1.23 bits per heavy atom. The van der Waals surface area contributed by atoms with Gasteiger partial charge >= 0.3 is 0 Å². The normalized spacial score (nSPS) is 12.2. The van der Waals surface area contributed by atoms with Gasteiger partial charge in [-0.15, -0.1) is 0 Å². The second-order valence-corrected chi connectivity index (χ2v) is 4.42. The molecule has 0 aliphatic heterocycles. The summed E-state index contributed by atoms with van der Waals surface area (Å²) >= 11 is 0. The van der Waals surface area contributed by atoms with Gasteiger partial charge in [0.2, 0.25) is 0 Å². The SMILES string of the molecule is CC(C)(C)c1ccc2[nH]ncc2c1. The van der Waals surface area contributed by atoms with E-state index in [1.807, 2.05) is 6.20 Å². The summed E-state index contributed by atoms with van der Waals surface area (Å²) in [5.74, 6) is 0. The van der Waals surface area contributed by atoms with E-state index >= 15 is 0 Å². The third-order valence-corrected chi connectivity index (χ3v) is 2.31. The minimum absolute atomic E-state index is 0.214. The Kier molecular flexibility index (Phi) is 1.65. The van der Waals surface area contributed by atoms with E-state index in [1.165, 1.54) is 10.9 Å². The molecule has 2 heteroatoms. The van der Waals surface area contributed by atoms with Gasteiger partial charge in [-0.05, 0) is 23.1 Å². The molecule has 0 amide bonds. The van der Waals surface area contributed by atoms with Crippen LogP contribution in [0.5, 0.6) is 0 Å². The van der Waals surface area contributed by atoms with Crippen molar-refractivity contribution in [3.8, 4) is 0 Å². The fourth-order valence-corrected chi connectivity index (χ4v) is 1.41. The second kappa shape index (κ2) is 2.59. The summed E-state index contributed by atoms with van der Waals surface area (Å²) in [6, 6.07) is 6.43. The monoisotopic (exact) mass is 174 g/mol. The predicted octanol–water partition coefficient (Wildman–Crippen LogP) is 2.86. The van der Waals surface area contributed by atoms with Crippen LogP contribution in [0.15, 0.2) is 24.4 Å². The van der Waals surface area contributed by atoms with Gasteiger partial charge in [-0.25, -0.2) is 0 Å². The van der Waals surface area contributed by atoms with Crippen LogP contribution in [0.4, 0.5) is 0 Å². The van der Waals surface area contributed by atoms with Gasteiger partial charge in [0.05, 0.1) is 11.7 Å². The highest BCUT2D eigenvalue weighted by atomic mass is 15.1. The standard InChI is InChI=1S/C11H14N2/c1-11(2,3)9-4-5-10-8(6-9)7-12-13-10/h4-7H,1-3H3,(H,12,13). The van der Waals surface area contributed by atoms with Crippen molar-refractivity contribution in [2.75, 3.05) is 0 Å². The molecule has 0 saturated carbocycles. The van der Waals surface area contributed by atoms with Gasteiger partial charge in [-0.2, -0.15) is 5.10 Å². The molecule has 0 saturated heterocycles. The maximum Gasteiger partial charge on any atom is 0.0650 e. The Morgan fingerprint density at radius 3 is 2.69 bits per heavy atom. The van der Waals surface area contributed by atoms with Crippen molar-refractivity contribution < 1.29 is 0 Å². The van der Waals surface area contributed by atoms with E-state index in [-0.39, 0.29) is 5.41 Å². The van der Waals surface area contributed by atoms with Crippen molar-refractivity contribution >= 4 is 10.9 Å². The molecule has 2 nitrogen and oxygen atoms in total. The van der Waals surface area contributed by atoms with Gasteiger partial charge in [0.15, 0.2) is 0 Å². The van der Waals surface area contributed by atoms with E-state index in [4.69, 9.17) is 0 Å². The summed E-state index contributed by atoms with van der Waals surface area (Å²) in [4.78, 5) is 0. The topological polar surface area (TPSA) is 28.7 Å². The molecule has 0 spiro atoms. The maximum absolute atomic E-state index is 4.00. The number of fused-ring (bicyclic) bond motifs is 1. The molecular weight excluding hydrogens is 160 g/mol. The van der Waals surface area contributed by atoms with Gasteiger partial charge in [0.1, 0.15) is 0 Å². The smallest absolute Gasteiger partial charge is 0.0650 e. The number of benzene rings is 1. The van der Waals surface area contributed by atoms with Gasteiger partial charge in [0.25, 0.3) is 0 Å². The zero-order chi connectivity index (χ0) is 9.47. The lowest BCUT2D eigenvalue weighted by atomic mass is 9.86. The predicted molar refractivity (Wildman–Crippen MR) is 54.8 cm³/mol. The Balaban J connectivity index is 2.61. The van der Waals surface area contributed by atoms with Crippen LogP contribution >= 0.6 is 0 Å². The van der Waals surface area contributed by atoms with E-state index in [9.17, 15) is 0 Å². The third kappa shape index (κ3) is 1.44. The van der Waals surface area contributed by atoms with E-state index in [1.54, 1.807) is 0 Å². The zero-order valence-electron chi connectivity index (χ0n) is 8.26. The van der Waals surface area contributed by atoms with E-state index in [2.05, 4.69) is 49.2 Å². The number of rotatable bonds is 0. The molecule has 68 valence electrons. The summed E-state index contributed by atoms with van der Waals surface area (Å²) in [7, 11) is 0. The van der Waals surface area contributed by atoms with Gasteiger partial charge in [-0.3, -0.25) is 5.10 Å². The van der Waals surface area contributed by atoms with E-state index in [0.29, 0.717) is 0 Å². The lowest BCUT2D eigenvalue weighted by Gasteiger charge is -2.18. The number of hydrogen-bond donors (Lipinski definition) is 1. The van der Waals surface area contributed by atoms with Gasteiger partial charge in [0, 0.05) is 5.39 Å². The lowest BCUT2D eigenvalue weighted by molar-refractivity contribution is 0.591. The molecule has 0 bridgehead atoms. The molecule has 0 aliphatic rings. The molecule has 0 aliphatic carbocycles. The van der Waals surface area contributed by atoms with Gasteiger partial charge < -0.3 is 0 Å². The Morgan fingerprint density at radius 2 is 2.00 bits per heavy atom. The first kappa shape index (κ1) is 8.30. The Hall–Kier alpha value is -1.31. The molecule has 0 atom stereocenters. The Bertz CT molecular complexity index is 421. The van der Waals surface area contributed by atoms with Crippen molar-refractivity contribution in [2.45, 2.75) is 26.2 Å². The molecule has 2 aromatic rings. The quantitative estimate of drug-likeness (QED) is 0.653. The van der Waals surface area contributed by atoms with Crippen LogP contribution in [0.25, 0.3) is 10.9 Å². The lowest BCUT2D eigenvalue weighted by Crippen LogP contribution is -2.10. The number of aromatic nitrogens is 2. The molecule has 1 aromatic heterocycles. The molecule has 0 radical (unpaired) electrons. The fourth-order valence-electron chi connectivity index (χ4n) is 1.41. The van der Waals surface area contributed by atoms with E-state index < -0.39 is 0 Å². The first-order valence-corrected chi connectivity index (χ1v) is 4.51. The molecule has 0 unspecified atom stereocenters. The fraction of sp³-hybridized carbons (Fsp3) is 0.364. The van der Waals surface area contributed by atoms with Crippen molar-refractivity contribution in [1.82, 2.24) is 10.2 Å². The van der Waals surface area contributed by atoms with Crippen LogP contribution in [-0.2, 0) is 5.41 Å². The first-order valence-electron chi connectivity index (χ1n) is 4.51. The average molecular weight is 174 g/mol.